The average molecular weight is 665 g/mol. The van der Waals surface area contributed by atoms with Crippen molar-refractivity contribution in [2.45, 2.75) is 25.3 Å². The molecular formula is C36H33FN6O4S. The van der Waals surface area contributed by atoms with E-state index in [0.717, 1.165) is 27.6 Å². The number of hydrogen-bond donors (Lipinski definition) is 2. The highest BCUT2D eigenvalue weighted by Gasteiger charge is 2.28. The van der Waals surface area contributed by atoms with E-state index in [9.17, 15) is 18.8 Å². The number of nitrogens with zero attached hydrogens (tertiary/aromatic N) is 4. The second kappa shape index (κ2) is 13.0. The monoisotopic (exact) mass is 664 g/mol. The van der Waals surface area contributed by atoms with Gasteiger partial charge in [-0.15, -0.1) is 11.3 Å². The van der Waals surface area contributed by atoms with Crippen LogP contribution in [0.25, 0.3) is 43.7 Å². The van der Waals surface area contributed by atoms with E-state index in [2.05, 4.69) is 16.9 Å². The molecule has 5 aromatic rings. The SMILES string of the molecule is C=CC(=O)N1CC[C@H](n2cc(-c3nc(-c4ccnc(N)c4)c4ccsc4c3-c3ccc(F)cc3OCC3CCNC(=O)C3)ccc2=O)C1. The second-order valence-corrected chi connectivity index (χ2v) is 13.0. The Bertz CT molecular complexity index is 2130. The van der Waals surface area contributed by atoms with Gasteiger partial charge in [0.2, 0.25) is 11.8 Å². The van der Waals surface area contributed by atoms with Crippen molar-refractivity contribution in [2.24, 2.45) is 5.92 Å². The fraction of sp³-hybridized carbons (Fsp3) is 0.250. The van der Waals surface area contributed by atoms with E-state index in [-0.39, 0.29) is 35.9 Å². The van der Waals surface area contributed by atoms with Crippen LogP contribution in [-0.2, 0) is 9.59 Å². The van der Waals surface area contributed by atoms with Gasteiger partial charge in [0, 0.05) is 88.8 Å². The number of ether oxygens (including phenoxy) is 1. The minimum absolute atomic E-state index is 0.00347. The lowest BCUT2D eigenvalue weighted by atomic mass is 9.95. The van der Waals surface area contributed by atoms with Crippen LogP contribution < -0.4 is 21.3 Å². The van der Waals surface area contributed by atoms with Crippen molar-refractivity contribution < 1.29 is 18.7 Å². The van der Waals surface area contributed by atoms with Crippen molar-refractivity contribution in [2.75, 3.05) is 32.0 Å². The zero-order valence-electron chi connectivity index (χ0n) is 26.0. The number of pyridine rings is 3. The molecule has 2 amide bonds. The number of piperidine rings is 1. The molecule has 2 fully saturated rings. The third-order valence-corrected chi connectivity index (χ3v) is 9.89. The number of likely N-dealkylation sites (tertiary alicyclic amines) is 1. The van der Waals surface area contributed by atoms with Gasteiger partial charge in [-0.2, -0.15) is 0 Å². The Kier molecular flexibility index (Phi) is 8.49. The van der Waals surface area contributed by atoms with Gasteiger partial charge in [-0.05, 0) is 60.7 Å². The molecule has 10 nitrogen and oxygen atoms in total. The van der Waals surface area contributed by atoms with E-state index >= 15 is 0 Å². The van der Waals surface area contributed by atoms with Crippen LogP contribution in [0, 0.1) is 11.7 Å². The topological polar surface area (TPSA) is 132 Å². The molecule has 0 bridgehead atoms. The van der Waals surface area contributed by atoms with Gasteiger partial charge in [-0.1, -0.05) is 6.58 Å². The van der Waals surface area contributed by atoms with Crippen LogP contribution in [0.2, 0.25) is 0 Å². The maximum Gasteiger partial charge on any atom is 0.250 e. The lowest BCUT2D eigenvalue weighted by Gasteiger charge is -2.23. The first-order valence-corrected chi connectivity index (χ1v) is 16.6. The number of hydrogen-bond acceptors (Lipinski definition) is 8. The molecule has 244 valence electrons. The summed E-state index contributed by atoms with van der Waals surface area (Å²) in [4.78, 5) is 48.7. The number of aromatic nitrogens is 3. The highest BCUT2D eigenvalue weighted by atomic mass is 32.1. The Labute approximate surface area is 279 Å². The maximum absolute atomic E-state index is 14.8. The van der Waals surface area contributed by atoms with Crippen LogP contribution >= 0.6 is 11.3 Å². The smallest absolute Gasteiger partial charge is 0.250 e. The molecule has 2 saturated heterocycles. The third kappa shape index (κ3) is 6.06. The summed E-state index contributed by atoms with van der Waals surface area (Å²) >= 11 is 1.52. The number of amides is 2. The van der Waals surface area contributed by atoms with Gasteiger partial charge in [0.1, 0.15) is 17.4 Å². The van der Waals surface area contributed by atoms with Crippen LogP contribution in [0.3, 0.4) is 0 Å². The number of nitrogens with one attached hydrogen (secondary N) is 1. The van der Waals surface area contributed by atoms with Crippen LogP contribution in [0.4, 0.5) is 10.2 Å². The first kappa shape index (κ1) is 31.3. The predicted octanol–water partition coefficient (Wildman–Crippen LogP) is 5.44. The minimum atomic E-state index is -0.454. The molecule has 4 aromatic heterocycles. The molecule has 2 atom stereocenters. The number of rotatable bonds is 8. The van der Waals surface area contributed by atoms with Gasteiger partial charge in [0.25, 0.3) is 5.56 Å². The van der Waals surface area contributed by atoms with E-state index < -0.39 is 5.82 Å². The normalized spacial score (nSPS) is 17.8. The van der Waals surface area contributed by atoms with Gasteiger partial charge in [-0.25, -0.2) is 14.4 Å². The Morgan fingerprint density at radius 2 is 2.00 bits per heavy atom. The standard InChI is InChI=1S/C36H33FN6O4S/c1-2-31(45)42-13-9-25(19-42)43-18-23(3-6-32(43)46)35-33(36-27(10-14-48-36)34(41-35)22-8-12-39-29(38)16-22)26-5-4-24(37)17-28(26)47-20-21-7-11-40-30(44)15-21/h2-6,8,10,12,14,16-18,21,25H,1,7,9,11,13,15,19-20H2,(H2,38,39)(H,40,44)/t21?,25-/m0/s1. The van der Waals surface area contributed by atoms with Crippen molar-refractivity contribution >= 4 is 39.1 Å². The molecule has 2 aliphatic heterocycles. The van der Waals surface area contributed by atoms with Crippen molar-refractivity contribution in [1.29, 1.82) is 0 Å². The van der Waals surface area contributed by atoms with Crippen molar-refractivity contribution in [3.05, 3.63) is 95.1 Å². The van der Waals surface area contributed by atoms with Crippen LogP contribution in [0.1, 0.15) is 25.3 Å². The molecule has 3 N–H and O–H groups in total. The third-order valence-electron chi connectivity index (χ3n) is 8.95. The molecule has 0 aliphatic carbocycles. The van der Waals surface area contributed by atoms with Gasteiger partial charge in [0.15, 0.2) is 0 Å². The summed E-state index contributed by atoms with van der Waals surface area (Å²) in [6, 6.07) is 13.1. The molecule has 1 aromatic carbocycles. The Morgan fingerprint density at radius 3 is 2.81 bits per heavy atom. The average Bonchev–Trinajstić information content (AvgIpc) is 3.78. The summed E-state index contributed by atoms with van der Waals surface area (Å²) < 4.78 is 23.7. The molecule has 6 heterocycles. The number of thiophene rings is 1. The molecule has 2 aliphatic rings. The summed E-state index contributed by atoms with van der Waals surface area (Å²) in [5.41, 5.74) is 9.93. The number of fused-ring (bicyclic) bond motifs is 1. The van der Waals surface area contributed by atoms with Gasteiger partial charge < -0.3 is 25.3 Å². The lowest BCUT2D eigenvalue weighted by Crippen LogP contribution is -2.35. The highest BCUT2D eigenvalue weighted by molar-refractivity contribution is 7.18. The molecule has 0 spiro atoms. The minimum Gasteiger partial charge on any atom is -0.493 e. The summed E-state index contributed by atoms with van der Waals surface area (Å²) in [5, 5.41) is 5.68. The molecule has 7 rings (SSSR count). The summed E-state index contributed by atoms with van der Waals surface area (Å²) in [5.74, 6) is 0.0285. The maximum atomic E-state index is 14.8. The number of halogens is 1. The molecular weight excluding hydrogens is 631 g/mol. The Hall–Kier alpha value is -5.36. The summed E-state index contributed by atoms with van der Waals surface area (Å²) in [7, 11) is 0. The van der Waals surface area contributed by atoms with E-state index in [0.29, 0.717) is 66.6 Å². The number of carbonyl (C=O) groups excluding carboxylic acids is 2. The van der Waals surface area contributed by atoms with Crippen LogP contribution in [-0.4, -0.2) is 57.5 Å². The van der Waals surface area contributed by atoms with E-state index in [4.69, 9.17) is 15.5 Å². The fourth-order valence-corrected chi connectivity index (χ4v) is 7.51. The Morgan fingerprint density at radius 1 is 1.12 bits per heavy atom. The number of carbonyl (C=O) groups is 2. The zero-order chi connectivity index (χ0) is 33.4. The first-order chi connectivity index (χ1) is 23.3. The van der Waals surface area contributed by atoms with Crippen LogP contribution in [0.15, 0.2) is 83.8 Å². The predicted molar refractivity (Wildman–Crippen MR) is 184 cm³/mol. The van der Waals surface area contributed by atoms with E-state index in [1.165, 1.54) is 35.6 Å². The van der Waals surface area contributed by atoms with Gasteiger partial charge in [0.05, 0.1) is 24.0 Å². The number of nitrogen functional groups attached to an aromatic ring is 1. The second-order valence-electron chi connectivity index (χ2n) is 12.1. The fourth-order valence-electron chi connectivity index (χ4n) is 6.55. The van der Waals surface area contributed by atoms with Crippen LogP contribution in [0.5, 0.6) is 5.75 Å². The quantitative estimate of drug-likeness (QED) is 0.211. The number of anilines is 1. The van der Waals surface area contributed by atoms with Gasteiger partial charge >= 0.3 is 0 Å². The molecule has 1 unspecified atom stereocenters. The number of nitrogens with two attached hydrogens (primary N) is 1. The van der Waals surface area contributed by atoms with Crippen molar-refractivity contribution in [3.63, 3.8) is 0 Å². The largest absolute Gasteiger partial charge is 0.493 e. The van der Waals surface area contributed by atoms with Crippen molar-refractivity contribution in [3.8, 4) is 39.4 Å². The van der Waals surface area contributed by atoms with Crippen molar-refractivity contribution in [1.82, 2.24) is 24.8 Å². The first-order valence-electron chi connectivity index (χ1n) is 15.8. The zero-order valence-corrected chi connectivity index (χ0v) is 26.8. The van der Waals surface area contributed by atoms with E-state index in [1.54, 1.807) is 40.1 Å². The van der Waals surface area contributed by atoms with E-state index in [1.807, 2.05) is 17.5 Å². The number of benzene rings is 1. The molecule has 0 saturated carbocycles. The molecule has 12 heteroatoms. The molecule has 48 heavy (non-hydrogen) atoms. The molecule has 0 radical (unpaired) electrons. The lowest BCUT2D eigenvalue weighted by molar-refractivity contribution is -0.125. The highest BCUT2D eigenvalue weighted by Crippen LogP contribution is 2.46. The van der Waals surface area contributed by atoms with Gasteiger partial charge in [-0.3, -0.25) is 14.4 Å². The summed E-state index contributed by atoms with van der Waals surface area (Å²) in [6.45, 7) is 5.32. The Balaban J connectivity index is 1.40. The summed E-state index contributed by atoms with van der Waals surface area (Å²) in [6.07, 6.45) is 6.42.